The van der Waals surface area contributed by atoms with Gasteiger partial charge in [0, 0.05) is 16.8 Å². The molecule has 2 rings (SSSR count). The van der Waals surface area contributed by atoms with Crippen LogP contribution in [-0.2, 0) is 4.79 Å². The predicted octanol–water partition coefficient (Wildman–Crippen LogP) is 3.16. The molecule has 4 heteroatoms. The standard InChI is InChI=1S/C15H17NO2S/c1-3-16-15(18)10(2)19-14-9-8-13(17)11-6-4-5-7-12(11)14/h4-10,17H,3H2,1-2H3,(H,16,18). The Morgan fingerprint density at radius 3 is 2.63 bits per heavy atom. The van der Waals surface area contributed by atoms with Crippen LogP contribution in [0.25, 0.3) is 10.8 Å². The van der Waals surface area contributed by atoms with Gasteiger partial charge >= 0.3 is 0 Å². The zero-order valence-electron chi connectivity index (χ0n) is 11.0. The normalized spacial score (nSPS) is 12.3. The van der Waals surface area contributed by atoms with E-state index < -0.39 is 0 Å². The fourth-order valence-electron chi connectivity index (χ4n) is 1.92. The van der Waals surface area contributed by atoms with E-state index in [-0.39, 0.29) is 16.9 Å². The van der Waals surface area contributed by atoms with Crippen molar-refractivity contribution >= 4 is 28.4 Å². The quantitative estimate of drug-likeness (QED) is 0.843. The Hall–Kier alpha value is -1.68. The van der Waals surface area contributed by atoms with Crippen molar-refractivity contribution < 1.29 is 9.90 Å². The Balaban J connectivity index is 2.31. The number of phenols is 1. The second-order valence-electron chi connectivity index (χ2n) is 4.28. The third kappa shape index (κ3) is 3.01. The summed E-state index contributed by atoms with van der Waals surface area (Å²) in [6.07, 6.45) is 0. The van der Waals surface area contributed by atoms with E-state index in [9.17, 15) is 9.90 Å². The molecule has 1 unspecified atom stereocenters. The minimum atomic E-state index is -0.159. The Morgan fingerprint density at radius 2 is 1.95 bits per heavy atom. The Labute approximate surface area is 117 Å². The predicted molar refractivity (Wildman–Crippen MR) is 79.6 cm³/mol. The van der Waals surface area contributed by atoms with Gasteiger partial charge < -0.3 is 10.4 Å². The van der Waals surface area contributed by atoms with Gasteiger partial charge in [0.15, 0.2) is 0 Å². The first kappa shape index (κ1) is 13.7. The van der Waals surface area contributed by atoms with Gasteiger partial charge in [-0.2, -0.15) is 0 Å². The zero-order chi connectivity index (χ0) is 13.8. The van der Waals surface area contributed by atoms with Crippen LogP contribution in [0.4, 0.5) is 0 Å². The molecule has 1 atom stereocenters. The second-order valence-corrected chi connectivity index (χ2v) is 5.67. The van der Waals surface area contributed by atoms with Gasteiger partial charge in [-0.15, -0.1) is 11.8 Å². The van der Waals surface area contributed by atoms with Gasteiger partial charge in [0.25, 0.3) is 0 Å². The van der Waals surface area contributed by atoms with Crippen LogP contribution in [-0.4, -0.2) is 22.8 Å². The molecule has 3 nitrogen and oxygen atoms in total. The van der Waals surface area contributed by atoms with Crippen molar-refractivity contribution in [2.24, 2.45) is 0 Å². The Morgan fingerprint density at radius 1 is 1.26 bits per heavy atom. The number of benzene rings is 2. The topological polar surface area (TPSA) is 49.3 Å². The molecule has 1 amide bonds. The van der Waals surface area contributed by atoms with Crippen molar-refractivity contribution in [3.05, 3.63) is 36.4 Å². The van der Waals surface area contributed by atoms with Crippen LogP contribution < -0.4 is 5.32 Å². The molecule has 0 spiro atoms. The molecule has 0 saturated heterocycles. The lowest BCUT2D eigenvalue weighted by Gasteiger charge is -2.13. The number of hydrogen-bond acceptors (Lipinski definition) is 3. The maximum Gasteiger partial charge on any atom is 0.233 e. The maximum atomic E-state index is 11.8. The van der Waals surface area contributed by atoms with E-state index in [1.54, 1.807) is 6.07 Å². The molecule has 0 bridgehead atoms. The van der Waals surface area contributed by atoms with Crippen molar-refractivity contribution in [1.82, 2.24) is 5.32 Å². The van der Waals surface area contributed by atoms with E-state index in [0.29, 0.717) is 6.54 Å². The van der Waals surface area contributed by atoms with Crippen LogP contribution in [0.3, 0.4) is 0 Å². The van der Waals surface area contributed by atoms with Crippen molar-refractivity contribution in [1.29, 1.82) is 0 Å². The first-order valence-corrected chi connectivity index (χ1v) is 7.16. The lowest BCUT2D eigenvalue weighted by Crippen LogP contribution is -2.30. The number of amides is 1. The third-order valence-corrected chi connectivity index (χ3v) is 4.06. The highest BCUT2D eigenvalue weighted by Gasteiger charge is 2.15. The van der Waals surface area contributed by atoms with Gasteiger partial charge in [-0.1, -0.05) is 24.3 Å². The van der Waals surface area contributed by atoms with Crippen molar-refractivity contribution in [3.63, 3.8) is 0 Å². The number of rotatable bonds is 4. The minimum absolute atomic E-state index is 0.0321. The average molecular weight is 275 g/mol. The molecule has 0 heterocycles. The van der Waals surface area contributed by atoms with Crippen LogP contribution in [0.1, 0.15) is 13.8 Å². The summed E-state index contributed by atoms with van der Waals surface area (Å²) in [5.41, 5.74) is 0. The smallest absolute Gasteiger partial charge is 0.233 e. The van der Waals surface area contributed by atoms with Gasteiger partial charge in [0.05, 0.1) is 5.25 Å². The molecule has 0 saturated carbocycles. The fraction of sp³-hybridized carbons (Fsp3) is 0.267. The Kier molecular flexibility index (Phi) is 4.32. The average Bonchev–Trinajstić information content (AvgIpc) is 2.42. The number of carbonyl (C=O) groups excluding carboxylic acids is 1. The molecule has 0 aliphatic heterocycles. The van der Waals surface area contributed by atoms with Crippen molar-refractivity contribution in [2.45, 2.75) is 24.0 Å². The van der Waals surface area contributed by atoms with Crippen LogP contribution in [0.15, 0.2) is 41.3 Å². The van der Waals surface area contributed by atoms with E-state index in [2.05, 4.69) is 5.32 Å². The number of carbonyl (C=O) groups is 1. The molecule has 0 aliphatic rings. The monoisotopic (exact) mass is 275 g/mol. The molecule has 0 aliphatic carbocycles. The summed E-state index contributed by atoms with van der Waals surface area (Å²) >= 11 is 1.51. The lowest BCUT2D eigenvalue weighted by molar-refractivity contribution is -0.120. The number of fused-ring (bicyclic) bond motifs is 1. The molecule has 0 aromatic heterocycles. The first-order chi connectivity index (χ1) is 9.13. The molecular weight excluding hydrogens is 258 g/mol. The molecule has 2 N–H and O–H groups in total. The third-order valence-electron chi connectivity index (χ3n) is 2.89. The van der Waals surface area contributed by atoms with E-state index in [4.69, 9.17) is 0 Å². The van der Waals surface area contributed by atoms with Gasteiger partial charge in [-0.3, -0.25) is 4.79 Å². The minimum Gasteiger partial charge on any atom is -0.507 e. The summed E-state index contributed by atoms with van der Waals surface area (Å²) in [5, 5.41) is 14.3. The first-order valence-electron chi connectivity index (χ1n) is 6.28. The number of nitrogens with one attached hydrogen (secondary N) is 1. The largest absolute Gasteiger partial charge is 0.507 e. The number of thioether (sulfide) groups is 1. The summed E-state index contributed by atoms with van der Waals surface area (Å²) in [5.74, 6) is 0.301. The van der Waals surface area contributed by atoms with Gasteiger partial charge in [-0.25, -0.2) is 0 Å². The van der Waals surface area contributed by atoms with E-state index >= 15 is 0 Å². The maximum absolute atomic E-state index is 11.8. The highest BCUT2D eigenvalue weighted by atomic mass is 32.2. The highest BCUT2D eigenvalue weighted by Crippen LogP contribution is 2.35. The van der Waals surface area contributed by atoms with Crippen molar-refractivity contribution in [3.8, 4) is 5.75 Å². The molecule has 100 valence electrons. The molecule has 2 aromatic rings. The number of hydrogen-bond donors (Lipinski definition) is 2. The van der Waals surface area contributed by atoms with Crippen LogP contribution in [0, 0.1) is 0 Å². The summed E-state index contributed by atoms with van der Waals surface area (Å²) in [6.45, 7) is 4.43. The van der Waals surface area contributed by atoms with Gasteiger partial charge in [0.1, 0.15) is 5.75 Å². The van der Waals surface area contributed by atoms with E-state index in [1.807, 2.05) is 44.2 Å². The fourth-order valence-corrected chi connectivity index (χ4v) is 2.94. The molecule has 2 aromatic carbocycles. The lowest BCUT2D eigenvalue weighted by atomic mass is 10.1. The second kappa shape index (κ2) is 5.97. The molecular formula is C15H17NO2S. The molecule has 0 fully saturated rings. The van der Waals surface area contributed by atoms with E-state index in [0.717, 1.165) is 15.7 Å². The summed E-state index contributed by atoms with van der Waals surface area (Å²) in [4.78, 5) is 12.8. The summed E-state index contributed by atoms with van der Waals surface area (Å²) < 4.78 is 0. The molecule has 19 heavy (non-hydrogen) atoms. The van der Waals surface area contributed by atoms with Crippen molar-refractivity contribution in [2.75, 3.05) is 6.54 Å². The zero-order valence-corrected chi connectivity index (χ0v) is 11.8. The SMILES string of the molecule is CCNC(=O)C(C)Sc1ccc(O)c2ccccc12. The summed E-state index contributed by atoms with van der Waals surface area (Å²) in [6, 6.07) is 11.2. The molecule has 0 radical (unpaired) electrons. The van der Waals surface area contributed by atoms with Gasteiger partial charge in [0.2, 0.25) is 5.91 Å². The van der Waals surface area contributed by atoms with Crippen LogP contribution >= 0.6 is 11.8 Å². The Bertz CT molecular complexity index is 598. The van der Waals surface area contributed by atoms with Gasteiger partial charge in [-0.05, 0) is 31.4 Å². The summed E-state index contributed by atoms with van der Waals surface area (Å²) in [7, 11) is 0. The number of phenolic OH excluding ortho intramolecular Hbond substituents is 1. The number of aromatic hydroxyl groups is 1. The van der Waals surface area contributed by atoms with Crippen LogP contribution in [0.5, 0.6) is 5.75 Å². The van der Waals surface area contributed by atoms with E-state index in [1.165, 1.54) is 11.8 Å². The van der Waals surface area contributed by atoms with Crippen LogP contribution in [0.2, 0.25) is 0 Å². The highest BCUT2D eigenvalue weighted by molar-refractivity contribution is 8.00.